The summed E-state index contributed by atoms with van der Waals surface area (Å²) in [4.78, 5) is 10.9. The van der Waals surface area contributed by atoms with Crippen LogP contribution in [0.4, 0.5) is 0 Å². The Hall–Kier alpha value is -1.79. The SMILES string of the molecule is CCn1ncnc1CN1C[C@@H](Cc2ccccn2)[C@H](O)C1. The van der Waals surface area contributed by atoms with Crippen molar-refractivity contribution >= 4 is 0 Å². The van der Waals surface area contributed by atoms with Crippen LogP contribution in [0.2, 0.25) is 0 Å². The van der Waals surface area contributed by atoms with Crippen LogP contribution >= 0.6 is 0 Å². The monoisotopic (exact) mass is 287 g/mol. The first-order valence-corrected chi connectivity index (χ1v) is 7.43. The second kappa shape index (κ2) is 6.32. The lowest BCUT2D eigenvalue weighted by Crippen LogP contribution is -2.23. The van der Waals surface area contributed by atoms with Gasteiger partial charge in [0.2, 0.25) is 0 Å². The van der Waals surface area contributed by atoms with Gasteiger partial charge in [0.05, 0.1) is 12.6 Å². The Kier molecular flexibility index (Phi) is 4.26. The standard InChI is InChI=1S/C15H21N5O/c1-2-20-15(17-11-18-20)10-19-8-12(14(21)9-19)7-13-5-3-4-6-16-13/h3-6,11-12,14,21H,2,7-10H2,1H3/t12-,14-/m1/s1. The number of hydrogen-bond donors (Lipinski definition) is 1. The number of aryl methyl sites for hydroxylation is 1. The fourth-order valence-corrected chi connectivity index (χ4v) is 2.93. The molecule has 1 fully saturated rings. The molecule has 0 radical (unpaired) electrons. The average molecular weight is 287 g/mol. The van der Waals surface area contributed by atoms with E-state index in [2.05, 4.69) is 26.9 Å². The minimum Gasteiger partial charge on any atom is -0.391 e. The van der Waals surface area contributed by atoms with E-state index in [0.717, 1.165) is 37.6 Å². The molecule has 1 saturated heterocycles. The molecule has 0 amide bonds. The highest BCUT2D eigenvalue weighted by Crippen LogP contribution is 2.22. The highest BCUT2D eigenvalue weighted by atomic mass is 16.3. The highest BCUT2D eigenvalue weighted by molar-refractivity contribution is 5.06. The van der Waals surface area contributed by atoms with Gasteiger partial charge < -0.3 is 5.11 Å². The summed E-state index contributed by atoms with van der Waals surface area (Å²) in [5.74, 6) is 1.20. The fraction of sp³-hybridized carbons (Fsp3) is 0.533. The minimum atomic E-state index is -0.301. The maximum absolute atomic E-state index is 10.3. The van der Waals surface area contributed by atoms with Gasteiger partial charge in [-0.25, -0.2) is 9.67 Å². The Labute approximate surface area is 124 Å². The Bertz CT molecular complexity index is 570. The van der Waals surface area contributed by atoms with E-state index in [0.29, 0.717) is 6.54 Å². The zero-order valence-corrected chi connectivity index (χ0v) is 12.3. The summed E-state index contributed by atoms with van der Waals surface area (Å²) in [5.41, 5.74) is 1.04. The number of aliphatic hydroxyl groups is 1. The van der Waals surface area contributed by atoms with Gasteiger partial charge in [-0.2, -0.15) is 5.10 Å². The summed E-state index contributed by atoms with van der Waals surface area (Å²) >= 11 is 0. The smallest absolute Gasteiger partial charge is 0.140 e. The van der Waals surface area contributed by atoms with Crippen LogP contribution < -0.4 is 0 Å². The molecule has 3 heterocycles. The number of aromatic nitrogens is 4. The topological polar surface area (TPSA) is 67.1 Å². The van der Waals surface area contributed by atoms with Crippen LogP contribution in [0.15, 0.2) is 30.7 Å². The molecule has 3 rings (SSSR count). The van der Waals surface area contributed by atoms with Gasteiger partial charge >= 0.3 is 0 Å². The van der Waals surface area contributed by atoms with Gasteiger partial charge in [-0.05, 0) is 25.5 Å². The molecule has 0 bridgehead atoms. The van der Waals surface area contributed by atoms with E-state index in [1.54, 1.807) is 12.5 Å². The van der Waals surface area contributed by atoms with E-state index in [1.807, 2.05) is 22.9 Å². The third-order valence-electron chi connectivity index (χ3n) is 4.04. The molecule has 0 spiro atoms. The van der Waals surface area contributed by atoms with E-state index < -0.39 is 0 Å². The molecule has 1 N–H and O–H groups in total. The zero-order valence-electron chi connectivity index (χ0n) is 12.3. The van der Waals surface area contributed by atoms with E-state index in [4.69, 9.17) is 0 Å². The molecular formula is C15H21N5O. The zero-order chi connectivity index (χ0) is 14.7. The van der Waals surface area contributed by atoms with Crippen LogP contribution in [0.5, 0.6) is 0 Å². The summed E-state index contributed by atoms with van der Waals surface area (Å²) in [6.45, 7) is 5.18. The molecule has 21 heavy (non-hydrogen) atoms. The first-order valence-electron chi connectivity index (χ1n) is 7.43. The number of likely N-dealkylation sites (tertiary alicyclic amines) is 1. The van der Waals surface area contributed by atoms with Gasteiger partial charge in [-0.15, -0.1) is 0 Å². The van der Waals surface area contributed by atoms with Crippen molar-refractivity contribution < 1.29 is 5.11 Å². The number of nitrogens with zero attached hydrogens (tertiary/aromatic N) is 5. The second-order valence-electron chi connectivity index (χ2n) is 5.54. The molecule has 0 unspecified atom stereocenters. The second-order valence-corrected chi connectivity index (χ2v) is 5.54. The van der Waals surface area contributed by atoms with Crippen molar-refractivity contribution in [2.45, 2.75) is 32.5 Å². The Balaban J connectivity index is 1.61. The van der Waals surface area contributed by atoms with E-state index >= 15 is 0 Å². The molecule has 112 valence electrons. The number of pyridine rings is 1. The molecular weight excluding hydrogens is 266 g/mol. The van der Waals surface area contributed by atoms with Crippen LogP contribution in [0.1, 0.15) is 18.4 Å². The van der Waals surface area contributed by atoms with Crippen molar-refractivity contribution in [1.29, 1.82) is 0 Å². The molecule has 6 heteroatoms. The van der Waals surface area contributed by atoms with Crippen molar-refractivity contribution in [2.75, 3.05) is 13.1 Å². The van der Waals surface area contributed by atoms with Gasteiger partial charge in [0, 0.05) is 37.4 Å². The molecule has 6 nitrogen and oxygen atoms in total. The minimum absolute atomic E-state index is 0.234. The third-order valence-corrected chi connectivity index (χ3v) is 4.04. The number of aliphatic hydroxyl groups excluding tert-OH is 1. The lowest BCUT2D eigenvalue weighted by molar-refractivity contribution is 0.140. The highest BCUT2D eigenvalue weighted by Gasteiger charge is 2.32. The molecule has 0 saturated carbocycles. The van der Waals surface area contributed by atoms with Crippen molar-refractivity contribution in [3.8, 4) is 0 Å². The molecule has 2 aromatic rings. The Morgan fingerprint density at radius 1 is 1.29 bits per heavy atom. The van der Waals surface area contributed by atoms with Crippen molar-refractivity contribution in [2.24, 2.45) is 5.92 Å². The van der Waals surface area contributed by atoms with Crippen molar-refractivity contribution in [1.82, 2.24) is 24.6 Å². The maximum atomic E-state index is 10.3. The summed E-state index contributed by atoms with van der Waals surface area (Å²) in [7, 11) is 0. The van der Waals surface area contributed by atoms with E-state index in [9.17, 15) is 5.11 Å². The normalized spacial score (nSPS) is 22.8. The first-order chi connectivity index (χ1) is 10.3. The van der Waals surface area contributed by atoms with Crippen LogP contribution in [0.3, 0.4) is 0 Å². The molecule has 2 aromatic heterocycles. The first kappa shape index (κ1) is 14.2. The maximum Gasteiger partial charge on any atom is 0.140 e. The molecule has 0 aromatic carbocycles. The average Bonchev–Trinajstić information content (AvgIpc) is 3.07. The molecule has 1 aliphatic rings. The summed E-state index contributed by atoms with van der Waals surface area (Å²) in [5, 5.41) is 14.5. The largest absolute Gasteiger partial charge is 0.391 e. The molecule has 0 aliphatic carbocycles. The van der Waals surface area contributed by atoms with Gasteiger partial charge in [0.15, 0.2) is 0 Å². The molecule has 2 atom stereocenters. The van der Waals surface area contributed by atoms with Gasteiger partial charge in [0.25, 0.3) is 0 Å². The number of β-amino-alcohol motifs (C(OH)–C–C–N with tert-alkyl or cyclic N) is 1. The third kappa shape index (κ3) is 3.28. The van der Waals surface area contributed by atoms with Crippen LogP contribution in [0.25, 0.3) is 0 Å². The lowest BCUT2D eigenvalue weighted by atomic mass is 10.00. The van der Waals surface area contributed by atoms with E-state index in [1.165, 1.54) is 0 Å². The molecule has 1 aliphatic heterocycles. The predicted octanol–water partition coefficient (Wildman–Crippen LogP) is 0.728. The summed E-state index contributed by atoms with van der Waals surface area (Å²) < 4.78 is 1.90. The van der Waals surface area contributed by atoms with Gasteiger partial charge in [-0.1, -0.05) is 6.07 Å². The lowest BCUT2D eigenvalue weighted by Gasteiger charge is -2.15. The van der Waals surface area contributed by atoms with Crippen LogP contribution in [-0.2, 0) is 19.5 Å². The van der Waals surface area contributed by atoms with E-state index in [-0.39, 0.29) is 12.0 Å². The van der Waals surface area contributed by atoms with Gasteiger partial charge in [0.1, 0.15) is 12.2 Å². The Morgan fingerprint density at radius 3 is 2.95 bits per heavy atom. The number of hydrogen-bond acceptors (Lipinski definition) is 5. The van der Waals surface area contributed by atoms with Crippen LogP contribution in [-0.4, -0.2) is 48.9 Å². The van der Waals surface area contributed by atoms with Crippen molar-refractivity contribution in [3.05, 3.63) is 42.2 Å². The number of rotatable bonds is 5. The summed E-state index contributed by atoms with van der Waals surface area (Å²) in [6.07, 6.45) is 3.92. The summed E-state index contributed by atoms with van der Waals surface area (Å²) in [6, 6.07) is 5.92. The fourth-order valence-electron chi connectivity index (χ4n) is 2.93. The Morgan fingerprint density at radius 2 is 2.19 bits per heavy atom. The predicted molar refractivity (Wildman–Crippen MR) is 78.4 cm³/mol. The van der Waals surface area contributed by atoms with Crippen LogP contribution in [0, 0.1) is 5.92 Å². The van der Waals surface area contributed by atoms with Crippen molar-refractivity contribution in [3.63, 3.8) is 0 Å². The quantitative estimate of drug-likeness (QED) is 0.878. The van der Waals surface area contributed by atoms with Gasteiger partial charge in [-0.3, -0.25) is 9.88 Å².